The maximum absolute atomic E-state index is 5.93. The number of pyridine rings is 1. The highest BCUT2D eigenvalue weighted by atomic mass is 16.5. The van der Waals surface area contributed by atoms with E-state index in [2.05, 4.69) is 23.3 Å². The van der Waals surface area contributed by atoms with Crippen LogP contribution in [0.2, 0.25) is 0 Å². The van der Waals surface area contributed by atoms with Crippen molar-refractivity contribution < 1.29 is 4.74 Å². The Hall–Kier alpha value is -1.09. The summed E-state index contributed by atoms with van der Waals surface area (Å²) >= 11 is 0. The molecule has 0 aromatic carbocycles. The average Bonchev–Trinajstić information content (AvgIpc) is 2.38. The maximum Gasteiger partial charge on any atom is 0.217 e. The fourth-order valence-corrected chi connectivity index (χ4v) is 2.79. The third-order valence-corrected chi connectivity index (χ3v) is 3.72. The summed E-state index contributed by atoms with van der Waals surface area (Å²) in [6.07, 6.45) is 7.14. The smallest absolute Gasteiger partial charge is 0.217 e. The summed E-state index contributed by atoms with van der Waals surface area (Å²) in [4.78, 5) is 4.34. The molecule has 1 fully saturated rings. The van der Waals surface area contributed by atoms with Gasteiger partial charge in [-0.25, -0.2) is 4.98 Å². The largest absolute Gasteiger partial charge is 0.477 e. The van der Waals surface area contributed by atoms with E-state index in [-0.39, 0.29) is 0 Å². The van der Waals surface area contributed by atoms with Crippen LogP contribution in [0, 0.1) is 11.8 Å². The molecule has 1 aliphatic carbocycles. The van der Waals surface area contributed by atoms with E-state index < -0.39 is 0 Å². The molecule has 1 aliphatic rings. The first-order chi connectivity index (χ1) is 8.79. The third kappa shape index (κ3) is 3.70. The number of hydrogen-bond acceptors (Lipinski definition) is 3. The first-order valence-corrected chi connectivity index (χ1v) is 7.01. The summed E-state index contributed by atoms with van der Waals surface area (Å²) in [5.41, 5.74) is 1.14. The molecule has 18 heavy (non-hydrogen) atoms. The number of hydrogen-bond donors (Lipinski definition) is 1. The van der Waals surface area contributed by atoms with Gasteiger partial charge >= 0.3 is 0 Å². The molecule has 3 nitrogen and oxygen atoms in total. The number of ether oxygens (including phenoxy) is 1. The van der Waals surface area contributed by atoms with E-state index in [1.165, 1.54) is 25.7 Å². The van der Waals surface area contributed by atoms with Crippen LogP contribution in [-0.4, -0.2) is 18.6 Å². The van der Waals surface area contributed by atoms with Gasteiger partial charge in [0, 0.05) is 18.3 Å². The lowest BCUT2D eigenvalue weighted by Gasteiger charge is -2.26. The van der Waals surface area contributed by atoms with E-state index in [0.29, 0.717) is 5.92 Å². The second-order valence-corrected chi connectivity index (χ2v) is 5.45. The number of nitrogens with zero attached hydrogens (tertiary/aromatic N) is 1. The summed E-state index contributed by atoms with van der Waals surface area (Å²) in [5, 5.41) is 3.15. The predicted molar refractivity (Wildman–Crippen MR) is 73.6 cm³/mol. The van der Waals surface area contributed by atoms with Crippen molar-refractivity contribution in [2.24, 2.45) is 11.8 Å². The van der Waals surface area contributed by atoms with Crippen molar-refractivity contribution in [3.8, 4) is 5.88 Å². The van der Waals surface area contributed by atoms with E-state index in [0.717, 1.165) is 30.5 Å². The van der Waals surface area contributed by atoms with Crippen molar-refractivity contribution >= 4 is 0 Å². The van der Waals surface area contributed by atoms with E-state index >= 15 is 0 Å². The molecular formula is C15H24N2O. The van der Waals surface area contributed by atoms with Crippen LogP contribution in [-0.2, 0) is 6.54 Å². The van der Waals surface area contributed by atoms with Gasteiger partial charge in [-0.3, -0.25) is 0 Å². The number of rotatable bonds is 5. The zero-order valence-electron chi connectivity index (χ0n) is 11.5. The minimum Gasteiger partial charge on any atom is -0.477 e. The summed E-state index contributed by atoms with van der Waals surface area (Å²) in [6.45, 7) is 3.97. The molecule has 2 unspecified atom stereocenters. The maximum atomic E-state index is 5.93. The molecule has 0 bridgehead atoms. The van der Waals surface area contributed by atoms with E-state index in [1.807, 2.05) is 13.1 Å². The van der Waals surface area contributed by atoms with Crippen LogP contribution in [0.25, 0.3) is 0 Å². The zero-order chi connectivity index (χ0) is 12.8. The summed E-state index contributed by atoms with van der Waals surface area (Å²) < 4.78 is 5.93. The quantitative estimate of drug-likeness (QED) is 0.869. The first kappa shape index (κ1) is 13.3. The summed E-state index contributed by atoms with van der Waals surface area (Å²) in [7, 11) is 1.94. The second-order valence-electron chi connectivity index (χ2n) is 5.45. The molecule has 1 saturated carbocycles. The molecule has 0 amide bonds. The van der Waals surface area contributed by atoms with Gasteiger partial charge in [-0.15, -0.1) is 0 Å². The van der Waals surface area contributed by atoms with Crippen molar-refractivity contribution in [3.63, 3.8) is 0 Å². The van der Waals surface area contributed by atoms with Crippen LogP contribution in [0.3, 0.4) is 0 Å². The molecule has 2 rings (SSSR count). The molecule has 1 aromatic rings. The van der Waals surface area contributed by atoms with Crippen molar-refractivity contribution in [2.75, 3.05) is 13.7 Å². The Bertz CT molecular complexity index is 367. The average molecular weight is 248 g/mol. The second kappa shape index (κ2) is 6.74. The topological polar surface area (TPSA) is 34.2 Å². The Kier molecular flexibility index (Phi) is 5.00. The van der Waals surface area contributed by atoms with E-state index in [1.54, 1.807) is 6.20 Å². The zero-order valence-corrected chi connectivity index (χ0v) is 11.5. The van der Waals surface area contributed by atoms with Crippen LogP contribution in [0.5, 0.6) is 5.88 Å². The van der Waals surface area contributed by atoms with Crippen LogP contribution in [0.15, 0.2) is 18.3 Å². The number of nitrogens with one attached hydrogen (secondary N) is 1. The summed E-state index contributed by atoms with van der Waals surface area (Å²) in [5.74, 6) is 2.36. The molecule has 1 aromatic heterocycles. The highest BCUT2D eigenvalue weighted by molar-refractivity contribution is 5.25. The highest BCUT2D eigenvalue weighted by Crippen LogP contribution is 2.29. The molecular weight excluding hydrogens is 224 g/mol. The fourth-order valence-electron chi connectivity index (χ4n) is 2.79. The van der Waals surface area contributed by atoms with Gasteiger partial charge in [0.2, 0.25) is 5.88 Å². The first-order valence-electron chi connectivity index (χ1n) is 7.01. The highest BCUT2D eigenvalue weighted by Gasteiger charge is 2.19. The standard InChI is InChI=1S/C15H24N2O/c1-12-5-3-6-13(9-12)11-18-15-14(10-16-2)7-4-8-17-15/h4,7-8,12-13,16H,3,5-6,9-11H2,1-2H3. The van der Waals surface area contributed by atoms with Gasteiger partial charge < -0.3 is 10.1 Å². The van der Waals surface area contributed by atoms with Gasteiger partial charge in [-0.2, -0.15) is 0 Å². The van der Waals surface area contributed by atoms with Crippen LogP contribution < -0.4 is 10.1 Å². The Morgan fingerprint density at radius 2 is 2.33 bits per heavy atom. The van der Waals surface area contributed by atoms with Gasteiger partial charge in [-0.05, 0) is 37.8 Å². The SMILES string of the molecule is CNCc1cccnc1OCC1CCCC(C)C1. The fraction of sp³-hybridized carbons (Fsp3) is 0.667. The van der Waals surface area contributed by atoms with Gasteiger partial charge in [0.15, 0.2) is 0 Å². The molecule has 100 valence electrons. The van der Waals surface area contributed by atoms with Gasteiger partial charge in [-0.1, -0.05) is 25.8 Å². The van der Waals surface area contributed by atoms with Gasteiger partial charge in [0.25, 0.3) is 0 Å². The van der Waals surface area contributed by atoms with Crippen molar-refractivity contribution in [2.45, 2.75) is 39.2 Å². The lowest BCUT2D eigenvalue weighted by Crippen LogP contribution is -2.20. The van der Waals surface area contributed by atoms with E-state index in [4.69, 9.17) is 4.74 Å². The van der Waals surface area contributed by atoms with Gasteiger partial charge in [0.05, 0.1) is 6.61 Å². The molecule has 3 heteroatoms. The van der Waals surface area contributed by atoms with Gasteiger partial charge in [0.1, 0.15) is 0 Å². The number of aromatic nitrogens is 1. The Labute approximate surface area is 110 Å². The molecule has 0 spiro atoms. The van der Waals surface area contributed by atoms with E-state index in [9.17, 15) is 0 Å². The lowest BCUT2D eigenvalue weighted by atomic mass is 9.83. The Morgan fingerprint density at radius 3 is 3.11 bits per heavy atom. The minimum atomic E-state index is 0.707. The molecule has 0 aliphatic heterocycles. The predicted octanol–water partition coefficient (Wildman–Crippen LogP) is 3.01. The van der Waals surface area contributed by atoms with Crippen LogP contribution in [0.1, 0.15) is 38.2 Å². The Balaban J connectivity index is 1.89. The third-order valence-electron chi connectivity index (χ3n) is 3.72. The normalized spacial score (nSPS) is 23.9. The van der Waals surface area contributed by atoms with Crippen LogP contribution >= 0.6 is 0 Å². The molecule has 1 heterocycles. The Morgan fingerprint density at radius 1 is 1.44 bits per heavy atom. The molecule has 1 N–H and O–H groups in total. The molecule has 2 atom stereocenters. The minimum absolute atomic E-state index is 0.707. The summed E-state index contributed by atoms with van der Waals surface area (Å²) in [6, 6.07) is 4.03. The van der Waals surface area contributed by atoms with Crippen molar-refractivity contribution in [1.82, 2.24) is 10.3 Å². The lowest BCUT2D eigenvalue weighted by molar-refractivity contribution is 0.176. The van der Waals surface area contributed by atoms with Crippen molar-refractivity contribution in [1.29, 1.82) is 0 Å². The van der Waals surface area contributed by atoms with Crippen LogP contribution in [0.4, 0.5) is 0 Å². The monoisotopic (exact) mass is 248 g/mol. The molecule has 0 saturated heterocycles. The van der Waals surface area contributed by atoms with Crippen molar-refractivity contribution in [3.05, 3.63) is 23.9 Å². The molecule has 0 radical (unpaired) electrons.